The van der Waals surface area contributed by atoms with Gasteiger partial charge in [-0.2, -0.15) is 18.3 Å². The topological polar surface area (TPSA) is 70.7 Å². The lowest BCUT2D eigenvalue weighted by molar-refractivity contribution is -0.142. The molecule has 25 heavy (non-hydrogen) atoms. The molecule has 0 saturated heterocycles. The number of aromatic nitrogens is 3. The minimum absolute atomic E-state index is 0.131. The number of rotatable bonds is 2. The van der Waals surface area contributed by atoms with Crippen LogP contribution in [0, 0.1) is 5.82 Å². The van der Waals surface area contributed by atoms with Gasteiger partial charge in [0.2, 0.25) is 0 Å². The van der Waals surface area contributed by atoms with Crippen LogP contribution in [0.3, 0.4) is 0 Å². The summed E-state index contributed by atoms with van der Waals surface area (Å²) in [6.07, 6.45) is -5.83. The Morgan fingerprint density at radius 3 is 2.60 bits per heavy atom. The first-order chi connectivity index (χ1) is 11.7. The van der Waals surface area contributed by atoms with Gasteiger partial charge in [-0.25, -0.2) is 23.6 Å². The maximum atomic E-state index is 13.4. The van der Waals surface area contributed by atoms with Crippen molar-refractivity contribution in [3.8, 4) is 0 Å². The van der Waals surface area contributed by atoms with Crippen LogP contribution >= 0.6 is 11.6 Å². The molecule has 3 aromatic rings. The molecule has 2 aromatic heterocycles. The highest BCUT2D eigenvalue weighted by atomic mass is 35.5. The van der Waals surface area contributed by atoms with E-state index in [0.717, 1.165) is 18.2 Å². The fourth-order valence-electron chi connectivity index (χ4n) is 2.25. The minimum atomic E-state index is -4.78. The zero-order chi connectivity index (χ0) is 18.4. The van der Waals surface area contributed by atoms with Crippen LogP contribution in [0.5, 0.6) is 0 Å². The molecule has 0 aliphatic carbocycles. The molecule has 0 unspecified atom stereocenters. The number of halogens is 5. The first-order valence-corrected chi connectivity index (χ1v) is 6.96. The van der Waals surface area contributed by atoms with Gasteiger partial charge in [0, 0.05) is 6.07 Å². The Balaban J connectivity index is 2.29. The standard InChI is InChI=1S/C14H7ClF4N4O2/c15-11-5-9(12-20-6-10(14(17,18)19)23(12)21-11)22(13(24)25)8-3-1-2-7(16)4-8/h1-6H,(H,24,25). The van der Waals surface area contributed by atoms with Crippen molar-refractivity contribution in [3.63, 3.8) is 0 Å². The maximum Gasteiger partial charge on any atom is 0.435 e. The van der Waals surface area contributed by atoms with E-state index in [1.807, 2.05) is 0 Å². The quantitative estimate of drug-likeness (QED) is 0.677. The fourth-order valence-corrected chi connectivity index (χ4v) is 2.43. The van der Waals surface area contributed by atoms with Gasteiger partial charge in [0.25, 0.3) is 0 Å². The zero-order valence-corrected chi connectivity index (χ0v) is 12.8. The second-order valence-corrected chi connectivity index (χ2v) is 5.21. The van der Waals surface area contributed by atoms with Gasteiger partial charge in [-0.15, -0.1) is 0 Å². The van der Waals surface area contributed by atoms with Crippen LogP contribution in [0.25, 0.3) is 5.65 Å². The highest BCUT2D eigenvalue weighted by Gasteiger charge is 2.36. The number of benzene rings is 1. The Hall–Kier alpha value is -2.88. The lowest BCUT2D eigenvalue weighted by Crippen LogP contribution is -2.25. The molecule has 0 radical (unpaired) electrons. The van der Waals surface area contributed by atoms with Crippen LogP contribution in [-0.2, 0) is 6.18 Å². The van der Waals surface area contributed by atoms with Gasteiger partial charge in [0.05, 0.1) is 11.9 Å². The smallest absolute Gasteiger partial charge is 0.435 e. The van der Waals surface area contributed by atoms with Crippen LogP contribution in [0.1, 0.15) is 5.69 Å². The molecule has 0 aliphatic rings. The minimum Gasteiger partial charge on any atom is -0.464 e. The number of amides is 1. The molecule has 1 N–H and O–H groups in total. The normalized spacial score (nSPS) is 11.7. The summed E-state index contributed by atoms with van der Waals surface area (Å²) in [5, 5.41) is 12.6. The Kier molecular flexibility index (Phi) is 3.99. The van der Waals surface area contributed by atoms with Gasteiger partial charge in [-0.05, 0) is 18.2 Å². The average Bonchev–Trinajstić information content (AvgIpc) is 2.90. The second kappa shape index (κ2) is 5.88. The summed E-state index contributed by atoms with van der Waals surface area (Å²) in [5.74, 6) is -0.723. The molecule has 3 rings (SSSR count). The molecule has 2 heterocycles. The van der Waals surface area contributed by atoms with Gasteiger partial charge < -0.3 is 5.11 Å². The van der Waals surface area contributed by atoms with Crippen molar-refractivity contribution in [2.45, 2.75) is 6.18 Å². The highest BCUT2D eigenvalue weighted by Crippen LogP contribution is 2.35. The van der Waals surface area contributed by atoms with Gasteiger partial charge in [-0.3, -0.25) is 0 Å². The van der Waals surface area contributed by atoms with Gasteiger partial charge >= 0.3 is 12.3 Å². The Morgan fingerprint density at radius 2 is 2.00 bits per heavy atom. The van der Waals surface area contributed by atoms with E-state index < -0.39 is 34.6 Å². The molecule has 0 spiro atoms. The van der Waals surface area contributed by atoms with Crippen LogP contribution in [0.4, 0.5) is 33.7 Å². The Labute approximate surface area is 141 Å². The Bertz CT molecular complexity index is 973. The van der Waals surface area contributed by atoms with Gasteiger partial charge in [0.1, 0.15) is 11.5 Å². The van der Waals surface area contributed by atoms with E-state index in [0.29, 0.717) is 15.6 Å². The summed E-state index contributed by atoms with van der Waals surface area (Å²) in [5.41, 5.74) is -2.05. The summed E-state index contributed by atoms with van der Waals surface area (Å²) in [6, 6.07) is 5.56. The number of fused-ring (bicyclic) bond motifs is 1. The largest absolute Gasteiger partial charge is 0.464 e. The van der Waals surface area contributed by atoms with Crippen LogP contribution < -0.4 is 4.90 Å². The van der Waals surface area contributed by atoms with Crippen molar-refractivity contribution in [3.05, 3.63) is 53.2 Å². The summed E-state index contributed by atoms with van der Waals surface area (Å²) < 4.78 is 52.9. The summed E-state index contributed by atoms with van der Waals surface area (Å²) in [6.45, 7) is 0. The molecule has 1 aromatic carbocycles. The van der Waals surface area contributed by atoms with Gasteiger partial charge in [0.15, 0.2) is 16.5 Å². The number of anilines is 2. The van der Waals surface area contributed by atoms with Crippen LogP contribution in [0.15, 0.2) is 36.5 Å². The van der Waals surface area contributed by atoms with Gasteiger partial charge in [-0.1, -0.05) is 17.7 Å². The summed E-state index contributed by atoms with van der Waals surface area (Å²) in [7, 11) is 0. The highest BCUT2D eigenvalue weighted by molar-refractivity contribution is 6.29. The van der Waals surface area contributed by atoms with Crippen molar-refractivity contribution in [2.75, 3.05) is 4.90 Å². The average molecular weight is 375 g/mol. The molecule has 0 saturated carbocycles. The third kappa shape index (κ3) is 3.07. The molecule has 1 amide bonds. The third-order valence-corrected chi connectivity index (χ3v) is 3.39. The summed E-state index contributed by atoms with van der Waals surface area (Å²) >= 11 is 5.75. The molecular formula is C14H7ClF4N4O2. The first kappa shape index (κ1) is 17.0. The van der Waals surface area contributed by atoms with Crippen molar-refractivity contribution in [2.24, 2.45) is 0 Å². The first-order valence-electron chi connectivity index (χ1n) is 6.58. The van der Waals surface area contributed by atoms with E-state index in [1.54, 1.807) is 0 Å². The molecule has 0 bridgehead atoms. The van der Waals surface area contributed by atoms with Crippen molar-refractivity contribution < 1.29 is 27.5 Å². The van der Waals surface area contributed by atoms with Crippen LogP contribution in [-0.4, -0.2) is 25.8 Å². The predicted molar refractivity (Wildman–Crippen MR) is 79.6 cm³/mol. The van der Waals surface area contributed by atoms with E-state index in [-0.39, 0.29) is 11.4 Å². The molecule has 6 nitrogen and oxygen atoms in total. The van der Waals surface area contributed by atoms with E-state index in [9.17, 15) is 27.5 Å². The lowest BCUT2D eigenvalue weighted by atomic mass is 10.2. The second-order valence-electron chi connectivity index (χ2n) is 4.83. The number of alkyl halides is 3. The monoisotopic (exact) mass is 374 g/mol. The lowest BCUT2D eigenvalue weighted by Gasteiger charge is -2.20. The molecular weight excluding hydrogens is 368 g/mol. The van der Waals surface area contributed by atoms with E-state index in [1.165, 1.54) is 12.1 Å². The number of imidazole rings is 1. The van der Waals surface area contributed by atoms with E-state index in [4.69, 9.17) is 11.6 Å². The molecule has 0 atom stereocenters. The number of carbonyl (C=O) groups is 1. The van der Waals surface area contributed by atoms with Crippen LogP contribution in [0.2, 0.25) is 5.15 Å². The SMILES string of the molecule is O=C(O)N(c1cccc(F)c1)c1cc(Cl)nn2c(C(F)(F)F)cnc12. The zero-order valence-electron chi connectivity index (χ0n) is 12.0. The number of carboxylic acid groups (broad SMARTS) is 1. The Morgan fingerprint density at radius 1 is 1.28 bits per heavy atom. The molecule has 0 aliphatic heterocycles. The summed E-state index contributed by atoms with van der Waals surface area (Å²) in [4.78, 5) is 15.8. The van der Waals surface area contributed by atoms with Crippen molar-refractivity contribution in [1.82, 2.24) is 14.6 Å². The van der Waals surface area contributed by atoms with Crippen molar-refractivity contribution >= 4 is 34.7 Å². The third-order valence-electron chi connectivity index (χ3n) is 3.21. The van der Waals surface area contributed by atoms with Crippen molar-refractivity contribution in [1.29, 1.82) is 0 Å². The van der Waals surface area contributed by atoms with E-state index in [2.05, 4.69) is 10.1 Å². The number of nitrogens with zero attached hydrogens (tertiary/aromatic N) is 4. The number of hydrogen-bond acceptors (Lipinski definition) is 3. The maximum absolute atomic E-state index is 13.4. The molecule has 130 valence electrons. The predicted octanol–water partition coefficient (Wildman–Crippen LogP) is 4.36. The van der Waals surface area contributed by atoms with E-state index >= 15 is 0 Å². The molecule has 11 heteroatoms. The number of hydrogen-bond donors (Lipinski definition) is 1. The fraction of sp³-hybridized carbons (Fsp3) is 0.0714. The molecule has 0 fully saturated rings.